The number of likely N-dealkylation sites (tertiary alicyclic amines) is 1. The number of urea groups is 1. The number of carboxylic acids is 1. The Morgan fingerprint density at radius 3 is 2.55 bits per heavy atom. The van der Waals surface area contributed by atoms with Gasteiger partial charge in [-0.15, -0.1) is 0 Å². The second-order valence-electron chi connectivity index (χ2n) is 10.3. The van der Waals surface area contributed by atoms with Gasteiger partial charge in [0.05, 0.1) is 42.3 Å². The lowest BCUT2D eigenvalue weighted by atomic mass is 10.00. The van der Waals surface area contributed by atoms with Crippen LogP contribution in [-0.4, -0.2) is 69.4 Å². The number of anilines is 2. The summed E-state index contributed by atoms with van der Waals surface area (Å²) in [6.07, 6.45) is 3.91. The molecule has 3 heterocycles. The number of sulfonamides is 1. The summed E-state index contributed by atoms with van der Waals surface area (Å²) < 4.78 is 27.3. The highest BCUT2D eigenvalue weighted by molar-refractivity contribution is 7.89. The van der Waals surface area contributed by atoms with Crippen molar-refractivity contribution in [1.29, 1.82) is 0 Å². The van der Waals surface area contributed by atoms with Crippen LogP contribution in [-0.2, 0) is 32.6 Å². The molecule has 0 saturated carbocycles. The maximum absolute atomic E-state index is 13.3. The molecule has 42 heavy (non-hydrogen) atoms. The van der Waals surface area contributed by atoms with Crippen molar-refractivity contribution in [3.63, 3.8) is 0 Å². The summed E-state index contributed by atoms with van der Waals surface area (Å²) in [5, 5.41) is 19.5. The third-order valence-corrected chi connectivity index (χ3v) is 8.57. The Morgan fingerprint density at radius 1 is 1.12 bits per heavy atom. The van der Waals surface area contributed by atoms with Crippen LogP contribution in [0.25, 0.3) is 0 Å². The zero-order chi connectivity index (χ0) is 30.4. The number of aliphatic carboxylic acids is 1. The predicted molar refractivity (Wildman–Crippen MR) is 156 cm³/mol. The number of hydrogen-bond donors (Lipinski definition) is 4. The monoisotopic (exact) mass is 597 g/mol. The summed E-state index contributed by atoms with van der Waals surface area (Å²) in [6, 6.07) is 10.4. The van der Waals surface area contributed by atoms with Crippen molar-refractivity contribution in [1.82, 2.24) is 24.4 Å². The fourth-order valence-corrected chi connectivity index (χ4v) is 5.60. The SMILES string of the molecule is CCS(=O)(=O)NC(Cn1ccc(C2C(C)CCN2C(=O)Cc2ccc(NC(=O)Nc3ccccc3C)cn2)n1)C(=O)O. The van der Waals surface area contributed by atoms with Gasteiger partial charge >= 0.3 is 12.0 Å². The van der Waals surface area contributed by atoms with E-state index in [9.17, 15) is 27.9 Å². The number of nitrogens with one attached hydrogen (secondary N) is 3. The number of benzene rings is 1. The molecule has 2 aromatic heterocycles. The van der Waals surface area contributed by atoms with Gasteiger partial charge in [0.2, 0.25) is 15.9 Å². The van der Waals surface area contributed by atoms with Gasteiger partial charge in [0.15, 0.2) is 0 Å². The van der Waals surface area contributed by atoms with E-state index in [1.807, 2.05) is 38.1 Å². The van der Waals surface area contributed by atoms with Gasteiger partial charge in [-0.05, 0) is 56.0 Å². The second kappa shape index (κ2) is 13.1. The number of aromatic nitrogens is 3. The molecule has 4 N–H and O–H groups in total. The van der Waals surface area contributed by atoms with Gasteiger partial charge in [0, 0.05) is 24.1 Å². The van der Waals surface area contributed by atoms with Gasteiger partial charge < -0.3 is 20.6 Å². The minimum absolute atomic E-state index is 0.0551. The van der Waals surface area contributed by atoms with E-state index in [-0.39, 0.29) is 36.6 Å². The molecule has 13 nitrogen and oxygen atoms in total. The number of carbonyl (C=O) groups excluding carboxylic acids is 2. The molecule has 0 radical (unpaired) electrons. The van der Waals surface area contributed by atoms with Crippen LogP contribution in [0.15, 0.2) is 54.9 Å². The molecule has 3 aromatic rings. The number of carbonyl (C=O) groups is 3. The molecule has 0 bridgehead atoms. The number of aryl methyl sites for hydroxylation is 1. The van der Waals surface area contributed by atoms with Gasteiger partial charge in [-0.3, -0.25) is 19.3 Å². The summed E-state index contributed by atoms with van der Waals surface area (Å²) in [4.78, 5) is 43.4. The Hall–Kier alpha value is -4.30. The standard InChI is InChI=1S/C28H35N7O6S/c1-4-42(40,41)33-24(27(37)38)17-34-13-12-23(32-34)26-19(3)11-14-35(26)25(36)15-20-9-10-21(16-29-20)30-28(39)31-22-8-6-5-7-18(22)2/h5-10,12-13,16,19,24,26,33H,4,11,14-15,17H2,1-3H3,(H,37,38)(H2,30,31,39). The van der Waals surface area contributed by atoms with Crippen LogP contribution in [0.5, 0.6) is 0 Å². The van der Waals surface area contributed by atoms with Crippen LogP contribution in [0, 0.1) is 12.8 Å². The lowest BCUT2D eigenvalue weighted by Crippen LogP contribution is -2.44. The first kappa shape index (κ1) is 30.7. The Morgan fingerprint density at radius 2 is 1.88 bits per heavy atom. The molecular weight excluding hydrogens is 562 g/mol. The summed E-state index contributed by atoms with van der Waals surface area (Å²) >= 11 is 0. The van der Waals surface area contributed by atoms with E-state index in [1.165, 1.54) is 17.8 Å². The Kier molecular flexibility index (Phi) is 9.58. The highest BCUT2D eigenvalue weighted by atomic mass is 32.2. The highest BCUT2D eigenvalue weighted by Gasteiger charge is 2.37. The van der Waals surface area contributed by atoms with Gasteiger partial charge in [0.1, 0.15) is 6.04 Å². The molecule has 0 aliphatic carbocycles. The van der Waals surface area contributed by atoms with Crippen LogP contribution in [0.1, 0.15) is 43.3 Å². The number of hydrogen-bond acceptors (Lipinski definition) is 7. The topological polar surface area (TPSA) is 176 Å². The van der Waals surface area contributed by atoms with Crippen molar-refractivity contribution in [2.75, 3.05) is 22.9 Å². The predicted octanol–water partition coefficient (Wildman–Crippen LogP) is 2.78. The Labute approximate surface area is 244 Å². The number of para-hydroxylation sites is 1. The lowest BCUT2D eigenvalue weighted by Gasteiger charge is -2.25. The Balaban J connectivity index is 1.38. The van der Waals surface area contributed by atoms with Crippen molar-refractivity contribution < 1.29 is 27.9 Å². The Bertz CT molecular complexity index is 1540. The molecular formula is C28H35N7O6S. The summed E-state index contributed by atoms with van der Waals surface area (Å²) in [6.45, 7) is 5.68. The van der Waals surface area contributed by atoms with E-state index in [1.54, 1.807) is 29.3 Å². The van der Waals surface area contributed by atoms with Crippen LogP contribution in [0.2, 0.25) is 0 Å². The molecule has 1 aliphatic heterocycles. The molecule has 3 amide bonds. The molecule has 4 rings (SSSR count). The third kappa shape index (κ3) is 7.70. The molecule has 1 fully saturated rings. The molecule has 3 atom stereocenters. The van der Waals surface area contributed by atoms with E-state index in [0.29, 0.717) is 29.3 Å². The average Bonchev–Trinajstić information content (AvgIpc) is 3.56. The average molecular weight is 598 g/mol. The number of amides is 3. The van der Waals surface area contributed by atoms with E-state index >= 15 is 0 Å². The minimum Gasteiger partial charge on any atom is -0.480 e. The van der Waals surface area contributed by atoms with Gasteiger partial charge in [-0.2, -0.15) is 9.82 Å². The fourth-order valence-electron chi connectivity index (χ4n) is 4.82. The van der Waals surface area contributed by atoms with Crippen molar-refractivity contribution in [2.24, 2.45) is 5.92 Å². The molecule has 1 saturated heterocycles. The first-order chi connectivity index (χ1) is 20.0. The first-order valence-corrected chi connectivity index (χ1v) is 15.2. The van der Waals surface area contributed by atoms with E-state index in [2.05, 4.69) is 25.4 Å². The fraction of sp³-hybridized carbons (Fsp3) is 0.393. The summed E-state index contributed by atoms with van der Waals surface area (Å²) in [7, 11) is -3.73. The van der Waals surface area contributed by atoms with Crippen LogP contribution < -0.4 is 15.4 Å². The van der Waals surface area contributed by atoms with E-state index in [0.717, 1.165) is 12.0 Å². The van der Waals surface area contributed by atoms with Crippen molar-refractivity contribution in [3.8, 4) is 0 Å². The highest BCUT2D eigenvalue weighted by Crippen LogP contribution is 2.36. The molecule has 1 aromatic carbocycles. The number of carboxylic acid groups (broad SMARTS) is 1. The molecule has 1 aliphatic rings. The minimum atomic E-state index is -3.73. The molecule has 224 valence electrons. The van der Waals surface area contributed by atoms with Crippen molar-refractivity contribution >= 4 is 39.3 Å². The summed E-state index contributed by atoms with van der Waals surface area (Å²) in [5.41, 5.74) is 3.26. The third-order valence-electron chi connectivity index (χ3n) is 7.16. The van der Waals surface area contributed by atoms with Crippen LogP contribution >= 0.6 is 0 Å². The second-order valence-corrected chi connectivity index (χ2v) is 12.3. The smallest absolute Gasteiger partial charge is 0.323 e. The number of nitrogens with zero attached hydrogens (tertiary/aromatic N) is 4. The first-order valence-electron chi connectivity index (χ1n) is 13.6. The van der Waals surface area contributed by atoms with Gasteiger partial charge in [-0.25, -0.2) is 13.2 Å². The van der Waals surface area contributed by atoms with E-state index < -0.39 is 28.1 Å². The number of rotatable bonds is 11. The molecule has 3 unspecified atom stereocenters. The van der Waals surface area contributed by atoms with E-state index in [4.69, 9.17) is 0 Å². The maximum Gasteiger partial charge on any atom is 0.323 e. The zero-order valence-corrected chi connectivity index (χ0v) is 24.5. The maximum atomic E-state index is 13.3. The largest absolute Gasteiger partial charge is 0.480 e. The molecule has 14 heteroatoms. The van der Waals surface area contributed by atoms with Crippen LogP contribution in [0.4, 0.5) is 16.2 Å². The van der Waals surface area contributed by atoms with Gasteiger partial charge in [-0.1, -0.05) is 25.1 Å². The van der Waals surface area contributed by atoms with Crippen LogP contribution in [0.3, 0.4) is 0 Å². The van der Waals surface area contributed by atoms with Gasteiger partial charge in [0.25, 0.3) is 0 Å². The number of pyridine rings is 1. The van der Waals surface area contributed by atoms with Crippen molar-refractivity contribution in [2.45, 2.75) is 52.2 Å². The normalized spacial score (nSPS) is 17.5. The van der Waals surface area contributed by atoms with Crippen molar-refractivity contribution in [3.05, 3.63) is 71.8 Å². The quantitative estimate of drug-likeness (QED) is 0.261. The lowest BCUT2D eigenvalue weighted by molar-refractivity contribution is -0.139. The zero-order valence-electron chi connectivity index (χ0n) is 23.6. The summed E-state index contributed by atoms with van der Waals surface area (Å²) in [5.74, 6) is -1.58. The molecule has 0 spiro atoms.